The number of aliphatic imine (C=N–C) groups is 1. The lowest BCUT2D eigenvalue weighted by Crippen LogP contribution is -2.32. The highest BCUT2D eigenvalue weighted by Crippen LogP contribution is 2.42. The highest BCUT2D eigenvalue weighted by Gasteiger charge is 2.31. The molecule has 0 amide bonds. The third-order valence-corrected chi connectivity index (χ3v) is 6.48. The van der Waals surface area contributed by atoms with E-state index in [2.05, 4.69) is 41.6 Å². The van der Waals surface area contributed by atoms with E-state index in [1.807, 2.05) is 6.07 Å². The third kappa shape index (κ3) is 4.61. The number of nitrogens with two attached hydrogens (primary N) is 2. The van der Waals surface area contributed by atoms with Crippen LogP contribution < -0.4 is 26.8 Å². The molecule has 1 aliphatic heterocycles. The third-order valence-electron chi connectivity index (χ3n) is 5.67. The van der Waals surface area contributed by atoms with Crippen molar-refractivity contribution in [3.63, 3.8) is 0 Å². The number of rotatable bonds is 6. The van der Waals surface area contributed by atoms with E-state index in [9.17, 15) is 22.8 Å². The Labute approximate surface area is 220 Å². The maximum Gasteiger partial charge on any atom is 0.283 e. The van der Waals surface area contributed by atoms with E-state index in [-0.39, 0.29) is 46.7 Å². The normalized spacial score (nSPS) is 14.4. The van der Waals surface area contributed by atoms with Gasteiger partial charge in [0.2, 0.25) is 5.96 Å². The average Bonchev–Trinajstić information content (AvgIpc) is 3.19. The maximum absolute atomic E-state index is 13.8. The van der Waals surface area contributed by atoms with Crippen molar-refractivity contribution >= 4 is 39.2 Å². The number of pyridine rings is 1. The first kappa shape index (κ1) is 26.5. The monoisotopic (exact) mass is 592 g/mol. The molecule has 16 heteroatoms. The zero-order valence-electron chi connectivity index (χ0n) is 19.3. The lowest BCUT2D eigenvalue weighted by atomic mass is 9.93. The number of ether oxygens (including phenoxy) is 1. The van der Waals surface area contributed by atoms with E-state index in [0.29, 0.717) is 11.1 Å². The molecule has 0 saturated heterocycles. The molecule has 1 aromatic carbocycles. The first-order valence-electron chi connectivity index (χ1n) is 10.6. The van der Waals surface area contributed by atoms with Gasteiger partial charge in [-0.05, 0) is 33.6 Å². The zero-order chi connectivity index (χ0) is 27.7. The van der Waals surface area contributed by atoms with Crippen LogP contribution >= 0.6 is 15.9 Å². The molecule has 0 radical (unpaired) electrons. The number of nitrogen functional groups attached to an aromatic ring is 2. The second kappa shape index (κ2) is 10.4. The fraction of sp³-hybridized carbons (Fsp3) is 0.227. The Balaban J connectivity index is 1.87. The van der Waals surface area contributed by atoms with Crippen molar-refractivity contribution in [2.75, 3.05) is 23.9 Å². The molecule has 6 N–H and O–H groups in total. The Morgan fingerprint density at radius 3 is 2.58 bits per heavy atom. The number of halogens is 5. The number of hydrogen-bond donors (Lipinski definition) is 4. The Morgan fingerprint density at radius 1 is 1.24 bits per heavy atom. The van der Waals surface area contributed by atoms with Crippen molar-refractivity contribution in [1.29, 1.82) is 10.5 Å². The van der Waals surface area contributed by atoms with Gasteiger partial charge in [-0.3, -0.25) is 10.00 Å². The van der Waals surface area contributed by atoms with Crippen LogP contribution in [0.5, 0.6) is 5.75 Å². The average molecular weight is 593 g/mol. The molecule has 1 aliphatic rings. The molecular formula is C22H17BrF4N10O. The summed E-state index contributed by atoms with van der Waals surface area (Å²) in [6.07, 6.45) is -4.45. The van der Waals surface area contributed by atoms with Gasteiger partial charge in [-0.1, -0.05) is 6.07 Å². The van der Waals surface area contributed by atoms with E-state index in [1.54, 1.807) is 18.3 Å². The van der Waals surface area contributed by atoms with Crippen LogP contribution in [0.4, 0.5) is 34.9 Å². The first-order chi connectivity index (χ1) is 18.1. The number of fused-ring (bicyclic) bond motifs is 1. The molecule has 1 atom stereocenters. The van der Waals surface area contributed by atoms with Gasteiger partial charge in [0, 0.05) is 11.1 Å². The van der Waals surface area contributed by atoms with E-state index < -0.39 is 34.8 Å². The van der Waals surface area contributed by atoms with Crippen LogP contribution in [-0.4, -0.2) is 27.8 Å². The molecule has 0 spiro atoms. The van der Waals surface area contributed by atoms with E-state index in [1.165, 1.54) is 13.2 Å². The van der Waals surface area contributed by atoms with Gasteiger partial charge >= 0.3 is 0 Å². The van der Waals surface area contributed by atoms with Crippen molar-refractivity contribution in [2.24, 2.45) is 4.99 Å². The van der Waals surface area contributed by atoms with E-state index in [4.69, 9.17) is 21.5 Å². The van der Waals surface area contributed by atoms with E-state index in [0.717, 1.165) is 4.68 Å². The number of nitrogens with zero attached hydrogens (tertiary/aromatic N) is 6. The molecule has 1 unspecified atom stereocenters. The Morgan fingerprint density at radius 2 is 1.97 bits per heavy atom. The Hall–Kier alpha value is -4.57. The highest BCUT2D eigenvalue weighted by molar-refractivity contribution is 9.10. The predicted molar refractivity (Wildman–Crippen MR) is 131 cm³/mol. The van der Waals surface area contributed by atoms with Crippen molar-refractivity contribution < 1.29 is 22.3 Å². The number of nitrogens with one attached hydrogen (secondary N) is 2. The van der Waals surface area contributed by atoms with Gasteiger partial charge < -0.3 is 21.5 Å². The van der Waals surface area contributed by atoms with Crippen LogP contribution in [0.3, 0.4) is 0 Å². The number of nitriles is 2. The molecule has 4 rings (SSSR count). The van der Waals surface area contributed by atoms with Gasteiger partial charge in [0.1, 0.15) is 46.4 Å². The molecular weight excluding hydrogens is 576 g/mol. The summed E-state index contributed by atoms with van der Waals surface area (Å²) < 4.78 is 59.9. The minimum Gasteiger partial charge on any atom is -0.496 e. The minimum absolute atomic E-state index is 0.00203. The van der Waals surface area contributed by atoms with Crippen molar-refractivity contribution in [3.8, 4) is 18.0 Å². The smallest absolute Gasteiger partial charge is 0.283 e. The van der Waals surface area contributed by atoms with Gasteiger partial charge in [0.05, 0.1) is 23.8 Å². The molecule has 0 aliphatic carbocycles. The summed E-state index contributed by atoms with van der Waals surface area (Å²) in [7, 11) is 1.35. The molecule has 196 valence electrons. The quantitative estimate of drug-likeness (QED) is 0.187. The second-order valence-electron chi connectivity index (χ2n) is 7.82. The minimum atomic E-state index is -3.10. The molecule has 0 bridgehead atoms. The van der Waals surface area contributed by atoms with Crippen LogP contribution in [0.25, 0.3) is 0 Å². The van der Waals surface area contributed by atoms with Crippen LogP contribution in [-0.2, 0) is 6.54 Å². The number of guanidine groups is 1. The summed E-state index contributed by atoms with van der Waals surface area (Å²) in [5.74, 6) is 0.277. The molecule has 0 saturated carbocycles. The van der Waals surface area contributed by atoms with Gasteiger partial charge in [0.15, 0.2) is 6.19 Å². The summed E-state index contributed by atoms with van der Waals surface area (Å²) in [6, 6.07) is 5.64. The number of aromatic nitrogens is 3. The molecule has 3 aromatic rings. The number of hydrogen-bond acceptors (Lipinski definition) is 10. The number of anilines is 3. The van der Waals surface area contributed by atoms with Crippen LogP contribution in [0.1, 0.15) is 52.5 Å². The molecule has 3 heterocycles. The molecule has 38 heavy (non-hydrogen) atoms. The van der Waals surface area contributed by atoms with Crippen molar-refractivity contribution in [1.82, 2.24) is 20.1 Å². The molecule has 2 aromatic heterocycles. The van der Waals surface area contributed by atoms with Crippen LogP contribution in [0, 0.1) is 22.8 Å². The second-order valence-corrected chi connectivity index (χ2v) is 8.61. The largest absolute Gasteiger partial charge is 0.496 e. The number of alkyl halides is 4. The summed E-state index contributed by atoms with van der Waals surface area (Å²) in [4.78, 5) is 8.62. The lowest BCUT2D eigenvalue weighted by Gasteiger charge is -2.26. The van der Waals surface area contributed by atoms with Gasteiger partial charge in [-0.2, -0.15) is 15.6 Å². The summed E-state index contributed by atoms with van der Waals surface area (Å²) in [6.45, 7) is -0.355. The zero-order valence-corrected chi connectivity index (χ0v) is 20.9. The highest BCUT2D eigenvalue weighted by atomic mass is 79.9. The van der Waals surface area contributed by atoms with Gasteiger partial charge in [-0.15, -0.1) is 0 Å². The fourth-order valence-corrected chi connectivity index (χ4v) is 4.65. The fourth-order valence-electron chi connectivity index (χ4n) is 4.02. The van der Waals surface area contributed by atoms with Crippen molar-refractivity contribution in [2.45, 2.75) is 25.4 Å². The summed E-state index contributed by atoms with van der Waals surface area (Å²) >= 11 is 2.81. The van der Waals surface area contributed by atoms with E-state index >= 15 is 0 Å². The summed E-state index contributed by atoms with van der Waals surface area (Å²) in [5, 5.41) is 27.4. The number of benzene rings is 1. The maximum atomic E-state index is 13.8. The number of methoxy groups -OCH3 is 1. The Kier molecular flexibility index (Phi) is 7.27. The van der Waals surface area contributed by atoms with Crippen LogP contribution in [0.2, 0.25) is 0 Å². The standard InChI is InChI=1S/C22H17BrF4N10O/c1-38-11-3-2-8(4-9(11)6-37-17(19(26)27)13(23)16(36-37)18(24)25)15-12-14(30)10(5-28)20(31)34-21(12)35-22(33-15)32-7-29/h2-4,15,18-19H,6H2,1H3,(H6,30,31,32,33,34,35). The van der Waals surface area contributed by atoms with Gasteiger partial charge in [0.25, 0.3) is 12.9 Å². The van der Waals surface area contributed by atoms with Crippen LogP contribution in [0.15, 0.2) is 27.7 Å². The van der Waals surface area contributed by atoms with Gasteiger partial charge in [-0.25, -0.2) is 27.5 Å². The van der Waals surface area contributed by atoms with Crippen molar-refractivity contribution in [3.05, 3.63) is 56.3 Å². The lowest BCUT2D eigenvalue weighted by molar-refractivity contribution is 0.139. The predicted octanol–water partition coefficient (Wildman–Crippen LogP) is 3.95. The first-order valence-corrected chi connectivity index (χ1v) is 11.4. The SMILES string of the molecule is COc1ccc(C2N=C(NC#N)Nc3nc(N)c(C#N)c(N)c32)cc1Cn1nc(C(F)F)c(Br)c1C(F)F. The summed E-state index contributed by atoms with van der Waals surface area (Å²) in [5.41, 5.74) is 11.5. The Bertz CT molecular complexity index is 1530. The molecule has 0 fully saturated rings. The topological polar surface area (TPSA) is 176 Å². The molecule has 11 nitrogen and oxygen atoms in total.